The van der Waals surface area contributed by atoms with Gasteiger partial charge in [-0.1, -0.05) is 23.9 Å². The average molecular weight is 237 g/mol. The predicted molar refractivity (Wildman–Crippen MR) is 67.6 cm³/mol. The lowest BCUT2D eigenvalue weighted by atomic mass is 10.2. The minimum atomic E-state index is 0.166. The monoisotopic (exact) mass is 237 g/mol. The summed E-state index contributed by atoms with van der Waals surface area (Å²) in [7, 11) is 1.59. The van der Waals surface area contributed by atoms with Gasteiger partial charge in [0.15, 0.2) is 5.12 Å². The van der Waals surface area contributed by atoms with Gasteiger partial charge in [0.25, 0.3) is 0 Å². The van der Waals surface area contributed by atoms with Crippen molar-refractivity contribution in [3.8, 4) is 5.88 Å². The topological polar surface area (TPSA) is 39.2 Å². The van der Waals surface area contributed by atoms with E-state index in [1.807, 2.05) is 24.3 Å². The molecule has 0 aliphatic heterocycles. The largest absolute Gasteiger partial charge is 0.481 e. The second-order valence-electron chi connectivity index (χ2n) is 3.16. The highest BCUT2D eigenvalue weighted by Gasteiger charge is 1.92. The standard InChI is InChI=1S/C12H15NO2S/c1-10(14)16-8-4-3-5-11-6-7-12(15-2)13-9-11/h3,5-7,9H,4,8H2,1-2H3. The van der Waals surface area contributed by atoms with E-state index in [1.165, 1.54) is 11.8 Å². The molecule has 0 unspecified atom stereocenters. The first-order valence-corrected chi connectivity index (χ1v) is 6.01. The normalized spacial score (nSPS) is 10.6. The molecule has 0 aromatic carbocycles. The van der Waals surface area contributed by atoms with Gasteiger partial charge in [-0.2, -0.15) is 0 Å². The van der Waals surface area contributed by atoms with Crippen molar-refractivity contribution in [1.29, 1.82) is 0 Å². The summed E-state index contributed by atoms with van der Waals surface area (Å²) in [4.78, 5) is 14.8. The number of nitrogens with zero attached hydrogens (tertiary/aromatic N) is 1. The summed E-state index contributed by atoms with van der Waals surface area (Å²) >= 11 is 1.35. The highest BCUT2D eigenvalue weighted by Crippen LogP contribution is 2.09. The number of methoxy groups -OCH3 is 1. The maximum absolute atomic E-state index is 10.7. The molecule has 4 heteroatoms. The molecule has 0 radical (unpaired) electrons. The summed E-state index contributed by atoms with van der Waals surface area (Å²) in [5.41, 5.74) is 1.04. The number of thioether (sulfide) groups is 1. The zero-order chi connectivity index (χ0) is 11.8. The van der Waals surface area contributed by atoms with E-state index in [1.54, 1.807) is 20.2 Å². The molecular formula is C12H15NO2S. The zero-order valence-electron chi connectivity index (χ0n) is 9.47. The van der Waals surface area contributed by atoms with Gasteiger partial charge in [-0.05, 0) is 18.1 Å². The van der Waals surface area contributed by atoms with Gasteiger partial charge in [-0.15, -0.1) is 0 Å². The van der Waals surface area contributed by atoms with E-state index >= 15 is 0 Å². The van der Waals surface area contributed by atoms with Gasteiger partial charge >= 0.3 is 0 Å². The molecule has 0 aliphatic rings. The quantitative estimate of drug-likeness (QED) is 0.738. The van der Waals surface area contributed by atoms with Crippen molar-refractivity contribution in [3.63, 3.8) is 0 Å². The predicted octanol–water partition coefficient (Wildman–Crippen LogP) is 2.77. The Morgan fingerprint density at radius 3 is 2.94 bits per heavy atom. The van der Waals surface area contributed by atoms with Crippen LogP contribution in [0.25, 0.3) is 6.08 Å². The summed E-state index contributed by atoms with van der Waals surface area (Å²) in [5.74, 6) is 1.44. The Hall–Kier alpha value is -1.29. The summed E-state index contributed by atoms with van der Waals surface area (Å²) < 4.78 is 4.96. The minimum absolute atomic E-state index is 0.166. The lowest BCUT2D eigenvalue weighted by Gasteiger charge is -1.97. The number of ether oxygens (including phenoxy) is 1. The zero-order valence-corrected chi connectivity index (χ0v) is 10.3. The smallest absolute Gasteiger partial charge is 0.212 e. The van der Waals surface area contributed by atoms with Gasteiger partial charge in [-0.3, -0.25) is 4.79 Å². The Balaban J connectivity index is 2.35. The Bertz CT molecular complexity index is 360. The number of rotatable bonds is 5. The molecule has 1 aromatic heterocycles. The first-order chi connectivity index (χ1) is 7.72. The van der Waals surface area contributed by atoms with Crippen molar-refractivity contribution in [2.75, 3.05) is 12.9 Å². The van der Waals surface area contributed by atoms with Gasteiger partial charge in [0.05, 0.1) is 7.11 Å². The molecule has 0 amide bonds. The van der Waals surface area contributed by atoms with Crippen LogP contribution in [0.2, 0.25) is 0 Å². The molecule has 16 heavy (non-hydrogen) atoms. The minimum Gasteiger partial charge on any atom is -0.481 e. The molecule has 0 bridgehead atoms. The fourth-order valence-electron chi connectivity index (χ4n) is 1.10. The highest BCUT2D eigenvalue weighted by molar-refractivity contribution is 8.13. The van der Waals surface area contributed by atoms with Crippen molar-refractivity contribution < 1.29 is 9.53 Å². The lowest BCUT2D eigenvalue weighted by Crippen LogP contribution is -1.86. The summed E-state index contributed by atoms with van der Waals surface area (Å²) in [6.45, 7) is 1.59. The van der Waals surface area contributed by atoms with Crippen LogP contribution in [0.15, 0.2) is 24.4 Å². The second-order valence-corrected chi connectivity index (χ2v) is 4.44. The molecule has 0 aliphatic carbocycles. The fraction of sp³-hybridized carbons (Fsp3) is 0.333. The lowest BCUT2D eigenvalue weighted by molar-refractivity contribution is -0.109. The van der Waals surface area contributed by atoms with E-state index in [0.29, 0.717) is 5.88 Å². The van der Waals surface area contributed by atoms with Crippen LogP contribution in [-0.4, -0.2) is 23.0 Å². The van der Waals surface area contributed by atoms with Crippen molar-refractivity contribution >= 4 is 23.0 Å². The number of allylic oxidation sites excluding steroid dienone is 1. The first-order valence-electron chi connectivity index (χ1n) is 5.02. The van der Waals surface area contributed by atoms with Crippen LogP contribution in [0.3, 0.4) is 0 Å². The van der Waals surface area contributed by atoms with Crippen LogP contribution in [0.1, 0.15) is 18.9 Å². The van der Waals surface area contributed by atoms with Crippen molar-refractivity contribution in [3.05, 3.63) is 30.0 Å². The Labute approximate surface area is 99.9 Å². The molecule has 0 fully saturated rings. The average Bonchev–Trinajstić information content (AvgIpc) is 2.29. The Kier molecular flexibility index (Phi) is 5.64. The third-order valence-corrected chi connectivity index (χ3v) is 2.71. The molecule has 0 saturated heterocycles. The number of hydrogen-bond acceptors (Lipinski definition) is 4. The van der Waals surface area contributed by atoms with Gasteiger partial charge in [0.1, 0.15) is 0 Å². The van der Waals surface area contributed by atoms with E-state index in [4.69, 9.17) is 4.74 Å². The van der Waals surface area contributed by atoms with Gasteiger partial charge in [0.2, 0.25) is 5.88 Å². The van der Waals surface area contributed by atoms with Gasteiger partial charge in [0, 0.05) is 24.9 Å². The van der Waals surface area contributed by atoms with Crippen LogP contribution in [0.5, 0.6) is 5.88 Å². The summed E-state index contributed by atoms with van der Waals surface area (Å²) in [6.07, 6.45) is 6.68. The molecule has 0 atom stereocenters. The van der Waals surface area contributed by atoms with Gasteiger partial charge < -0.3 is 4.74 Å². The van der Waals surface area contributed by atoms with Crippen LogP contribution in [0, 0.1) is 0 Å². The molecular weight excluding hydrogens is 222 g/mol. The SMILES string of the molecule is COc1ccc(C=CCCSC(C)=O)cn1. The number of pyridine rings is 1. The second kappa shape index (κ2) is 7.06. The van der Waals surface area contributed by atoms with Crippen molar-refractivity contribution in [2.24, 2.45) is 0 Å². The van der Waals surface area contributed by atoms with Gasteiger partial charge in [-0.25, -0.2) is 4.98 Å². The van der Waals surface area contributed by atoms with Crippen LogP contribution in [0.4, 0.5) is 0 Å². The van der Waals surface area contributed by atoms with Crippen LogP contribution in [-0.2, 0) is 4.79 Å². The van der Waals surface area contributed by atoms with Crippen LogP contribution >= 0.6 is 11.8 Å². The first kappa shape index (κ1) is 12.8. The fourth-order valence-corrected chi connectivity index (χ4v) is 1.64. The summed E-state index contributed by atoms with van der Waals surface area (Å²) in [5, 5.41) is 0.166. The maximum atomic E-state index is 10.7. The van der Waals surface area contributed by atoms with E-state index in [-0.39, 0.29) is 5.12 Å². The Morgan fingerprint density at radius 2 is 2.38 bits per heavy atom. The Morgan fingerprint density at radius 1 is 1.56 bits per heavy atom. The molecule has 1 rings (SSSR count). The molecule has 0 saturated carbocycles. The third kappa shape index (κ3) is 4.98. The van der Waals surface area contributed by atoms with E-state index in [0.717, 1.165) is 17.7 Å². The molecule has 1 heterocycles. The number of aromatic nitrogens is 1. The molecule has 3 nitrogen and oxygen atoms in total. The number of carbonyl (C=O) groups excluding carboxylic acids is 1. The van der Waals surface area contributed by atoms with Crippen molar-refractivity contribution in [2.45, 2.75) is 13.3 Å². The van der Waals surface area contributed by atoms with E-state index in [9.17, 15) is 4.79 Å². The molecule has 0 N–H and O–H groups in total. The van der Waals surface area contributed by atoms with E-state index < -0.39 is 0 Å². The number of carbonyl (C=O) groups is 1. The summed E-state index contributed by atoms with van der Waals surface area (Å²) in [6, 6.07) is 3.77. The molecule has 86 valence electrons. The van der Waals surface area contributed by atoms with E-state index in [2.05, 4.69) is 4.98 Å². The molecule has 0 spiro atoms. The third-order valence-electron chi connectivity index (χ3n) is 1.87. The van der Waals surface area contributed by atoms with Crippen LogP contribution < -0.4 is 4.74 Å². The maximum Gasteiger partial charge on any atom is 0.212 e. The highest BCUT2D eigenvalue weighted by atomic mass is 32.2. The molecule has 1 aromatic rings. The number of hydrogen-bond donors (Lipinski definition) is 0. The van der Waals surface area contributed by atoms with Crippen molar-refractivity contribution in [1.82, 2.24) is 4.98 Å².